The second-order valence-corrected chi connectivity index (χ2v) is 8.79. The number of ether oxygens (including phenoxy) is 1. The van der Waals surface area contributed by atoms with Gasteiger partial charge in [0.2, 0.25) is 0 Å². The Bertz CT molecular complexity index is 1480. The van der Waals surface area contributed by atoms with Crippen molar-refractivity contribution in [3.8, 4) is 23.1 Å². The number of hydrogen-bond donors (Lipinski definition) is 1. The van der Waals surface area contributed by atoms with Crippen LogP contribution >= 0.6 is 11.3 Å². The van der Waals surface area contributed by atoms with Gasteiger partial charge in [0, 0.05) is 16.5 Å². The second kappa shape index (κ2) is 8.14. The average Bonchev–Trinajstić information content (AvgIpc) is 3.51. The summed E-state index contributed by atoms with van der Waals surface area (Å²) >= 11 is 1.32. The molecule has 1 N–H and O–H groups in total. The van der Waals surface area contributed by atoms with Crippen molar-refractivity contribution in [3.05, 3.63) is 63.8 Å². The molecule has 0 bridgehead atoms. The van der Waals surface area contributed by atoms with Gasteiger partial charge in [0.25, 0.3) is 5.91 Å². The van der Waals surface area contributed by atoms with Gasteiger partial charge in [-0.15, -0.1) is 11.3 Å². The van der Waals surface area contributed by atoms with Crippen molar-refractivity contribution in [2.75, 3.05) is 12.4 Å². The number of aromatic nitrogens is 3. The SMILES string of the molecule is COc1cccc(-c2cc(C(F)(F)F)n3nc(C(=O)Nc4sc5c(c4C#N)CCC5)cc3n2)c1. The number of hydrogen-bond acceptors (Lipinski definition) is 6. The maximum Gasteiger partial charge on any atom is 0.433 e. The van der Waals surface area contributed by atoms with Crippen molar-refractivity contribution < 1.29 is 22.7 Å². The smallest absolute Gasteiger partial charge is 0.433 e. The first-order chi connectivity index (χ1) is 16.3. The number of nitriles is 1. The molecule has 1 amide bonds. The molecule has 1 aliphatic carbocycles. The van der Waals surface area contributed by atoms with Gasteiger partial charge in [-0.25, -0.2) is 9.50 Å². The van der Waals surface area contributed by atoms with Crippen LogP contribution in [0.1, 0.15) is 38.6 Å². The minimum absolute atomic E-state index is 0.0621. The predicted octanol–water partition coefficient (Wildman–Crippen LogP) is 5.10. The number of methoxy groups -OCH3 is 1. The highest BCUT2D eigenvalue weighted by atomic mass is 32.1. The number of rotatable bonds is 4. The molecule has 0 unspecified atom stereocenters. The molecule has 11 heteroatoms. The van der Waals surface area contributed by atoms with Crippen molar-refractivity contribution in [2.45, 2.75) is 25.4 Å². The van der Waals surface area contributed by atoms with E-state index in [0.717, 1.165) is 35.8 Å². The van der Waals surface area contributed by atoms with Crippen LogP contribution in [-0.2, 0) is 19.0 Å². The van der Waals surface area contributed by atoms with E-state index < -0.39 is 17.8 Å². The Kier molecular flexibility index (Phi) is 5.25. The van der Waals surface area contributed by atoms with E-state index in [1.165, 1.54) is 24.5 Å². The Hall–Kier alpha value is -3.91. The molecule has 0 atom stereocenters. The first-order valence-corrected chi connectivity index (χ1v) is 11.1. The molecule has 0 radical (unpaired) electrons. The molecular weight excluding hydrogens is 467 g/mol. The van der Waals surface area contributed by atoms with Crippen molar-refractivity contribution in [3.63, 3.8) is 0 Å². The first-order valence-electron chi connectivity index (χ1n) is 10.3. The van der Waals surface area contributed by atoms with Gasteiger partial charge < -0.3 is 10.1 Å². The van der Waals surface area contributed by atoms with Crippen LogP contribution in [0.2, 0.25) is 0 Å². The molecule has 5 rings (SSSR count). The molecule has 0 spiro atoms. The van der Waals surface area contributed by atoms with Crippen molar-refractivity contribution in [1.29, 1.82) is 5.26 Å². The summed E-state index contributed by atoms with van der Waals surface area (Å²) < 4.78 is 47.3. The summed E-state index contributed by atoms with van der Waals surface area (Å²) in [6, 6.07) is 10.7. The zero-order valence-corrected chi connectivity index (χ0v) is 18.5. The van der Waals surface area contributed by atoms with E-state index in [-0.39, 0.29) is 17.0 Å². The van der Waals surface area contributed by atoms with Crippen molar-refractivity contribution in [2.24, 2.45) is 0 Å². The van der Waals surface area contributed by atoms with Crippen LogP contribution in [0.4, 0.5) is 18.2 Å². The van der Waals surface area contributed by atoms with Gasteiger partial charge in [-0.2, -0.15) is 23.5 Å². The third-order valence-corrected chi connectivity index (χ3v) is 6.78. The van der Waals surface area contributed by atoms with Gasteiger partial charge in [-0.3, -0.25) is 4.79 Å². The number of halogens is 3. The lowest BCUT2D eigenvalue weighted by Gasteiger charge is -2.11. The first kappa shape index (κ1) is 21.9. The molecule has 0 fully saturated rings. The maximum atomic E-state index is 13.9. The van der Waals surface area contributed by atoms with Gasteiger partial charge >= 0.3 is 6.18 Å². The summed E-state index contributed by atoms with van der Waals surface area (Å²) in [5.41, 5.74) is 0.386. The summed E-state index contributed by atoms with van der Waals surface area (Å²) in [5, 5.41) is 16.4. The zero-order valence-electron chi connectivity index (χ0n) is 17.7. The predicted molar refractivity (Wildman–Crippen MR) is 119 cm³/mol. The summed E-state index contributed by atoms with van der Waals surface area (Å²) in [6.45, 7) is 0. The summed E-state index contributed by atoms with van der Waals surface area (Å²) in [7, 11) is 1.46. The minimum Gasteiger partial charge on any atom is -0.497 e. The number of nitrogens with one attached hydrogen (secondary N) is 1. The van der Waals surface area contributed by atoms with Crippen LogP contribution in [0.25, 0.3) is 16.9 Å². The quantitative estimate of drug-likeness (QED) is 0.436. The fourth-order valence-corrected chi connectivity index (χ4v) is 5.23. The molecule has 0 saturated heterocycles. The Morgan fingerprint density at radius 3 is 2.82 bits per heavy atom. The maximum absolute atomic E-state index is 13.9. The molecular formula is C23H16F3N5O2S. The van der Waals surface area contributed by atoms with Gasteiger partial charge in [0.1, 0.15) is 16.8 Å². The van der Waals surface area contributed by atoms with E-state index in [2.05, 4.69) is 21.5 Å². The van der Waals surface area contributed by atoms with Gasteiger partial charge in [0.15, 0.2) is 17.0 Å². The lowest BCUT2D eigenvalue weighted by atomic mass is 10.1. The molecule has 0 saturated carbocycles. The number of thiophene rings is 1. The Morgan fingerprint density at radius 1 is 1.26 bits per heavy atom. The number of carbonyl (C=O) groups is 1. The van der Waals surface area contributed by atoms with Crippen molar-refractivity contribution in [1.82, 2.24) is 14.6 Å². The molecule has 172 valence electrons. The molecule has 0 aliphatic heterocycles. The zero-order chi connectivity index (χ0) is 24.0. The van der Waals surface area contributed by atoms with Gasteiger partial charge in [0.05, 0.1) is 18.4 Å². The fraction of sp³-hybridized carbons (Fsp3) is 0.217. The van der Waals surface area contributed by atoms with E-state index >= 15 is 0 Å². The lowest BCUT2D eigenvalue weighted by Crippen LogP contribution is -2.15. The normalized spacial score (nSPS) is 13.0. The highest BCUT2D eigenvalue weighted by Gasteiger charge is 2.36. The van der Waals surface area contributed by atoms with Crippen LogP contribution in [-0.4, -0.2) is 27.6 Å². The van der Waals surface area contributed by atoms with Crippen LogP contribution in [0, 0.1) is 11.3 Å². The van der Waals surface area contributed by atoms with E-state index in [4.69, 9.17) is 4.74 Å². The summed E-state index contributed by atoms with van der Waals surface area (Å²) in [6.07, 6.45) is -2.18. The molecule has 3 aromatic heterocycles. The standard InChI is InChI=1S/C23H16F3N5O2S/c1-33-13-5-2-4-12(8-13)16-9-19(23(24,25)26)31-20(28-16)10-17(30-31)21(32)29-22-15(11-27)14-6-3-7-18(14)34-22/h2,4-5,8-10H,3,6-7H2,1H3,(H,29,32). The van der Waals surface area contributed by atoms with E-state index in [0.29, 0.717) is 26.4 Å². The largest absolute Gasteiger partial charge is 0.497 e. The molecule has 34 heavy (non-hydrogen) atoms. The monoisotopic (exact) mass is 483 g/mol. The van der Waals surface area contributed by atoms with Gasteiger partial charge in [-0.1, -0.05) is 12.1 Å². The number of carbonyl (C=O) groups excluding carboxylic acids is 1. The molecule has 3 heterocycles. The van der Waals surface area contributed by atoms with Gasteiger partial charge in [-0.05, 0) is 43.0 Å². The average molecular weight is 483 g/mol. The Morgan fingerprint density at radius 2 is 2.09 bits per heavy atom. The second-order valence-electron chi connectivity index (χ2n) is 7.68. The molecule has 7 nitrogen and oxygen atoms in total. The number of fused-ring (bicyclic) bond motifs is 2. The summed E-state index contributed by atoms with van der Waals surface area (Å²) in [4.78, 5) is 18.2. The highest BCUT2D eigenvalue weighted by molar-refractivity contribution is 7.16. The number of benzene rings is 1. The van der Waals surface area contributed by atoms with Crippen LogP contribution in [0.3, 0.4) is 0 Å². The lowest BCUT2D eigenvalue weighted by molar-refractivity contribution is -0.142. The molecule has 1 aromatic carbocycles. The van der Waals surface area contributed by atoms with Crippen LogP contribution in [0.5, 0.6) is 5.75 Å². The number of anilines is 1. The van der Waals surface area contributed by atoms with E-state index in [9.17, 15) is 23.2 Å². The van der Waals surface area contributed by atoms with Crippen LogP contribution in [0.15, 0.2) is 36.4 Å². The Labute approximate surface area is 195 Å². The topological polar surface area (TPSA) is 92.3 Å². The Balaban J connectivity index is 1.56. The minimum atomic E-state index is -4.74. The van der Waals surface area contributed by atoms with E-state index in [1.54, 1.807) is 24.3 Å². The number of amides is 1. The molecule has 4 aromatic rings. The van der Waals surface area contributed by atoms with Crippen LogP contribution < -0.4 is 10.1 Å². The summed E-state index contributed by atoms with van der Waals surface area (Å²) in [5.74, 6) is -0.240. The fourth-order valence-electron chi connectivity index (χ4n) is 4.00. The molecule has 1 aliphatic rings. The number of alkyl halides is 3. The van der Waals surface area contributed by atoms with Crippen molar-refractivity contribution >= 4 is 27.9 Å². The third-order valence-electron chi connectivity index (χ3n) is 5.58. The number of nitrogens with zero attached hydrogens (tertiary/aromatic N) is 4. The third kappa shape index (κ3) is 3.76. The van der Waals surface area contributed by atoms with E-state index in [1.807, 2.05) is 0 Å². The highest BCUT2D eigenvalue weighted by Crippen LogP contribution is 2.39. The number of aryl methyl sites for hydroxylation is 1.